The average Bonchev–Trinajstić information content (AvgIpc) is 2.83. The Morgan fingerprint density at radius 2 is 1.66 bits per heavy atom. The van der Waals surface area contributed by atoms with E-state index in [0.717, 1.165) is 31.2 Å². The lowest BCUT2D eigenvalue weighted by atomic mass is 9.93. The topological polar surface area (TPSA) is 85.9 Å². The third-order valence-corrected chi connectivity index (χ3v) is 6.02. The molecule has 1 aliphatic heterocycles. The van der Waals surface area contributed by atoms with E-state index in [1.54, 1.807) is 7.11 Å². The zero-order valence-electron chi connectivity index (χ0n) is 22.2. The number of amides is 2. The van der Waals surface area contributed by atoms with Crippen molar-refractivity contribution >= 4 is 12.0 Å². The van der Waals surface area contributed by atoms with E-state index >= 15 is 0 Å². The Morgan fingerprint density at radius 1 is 0.971 bits per heavy atom. The highest BCUT2D eigenvalue weighted by Gasteiger charge is 2.34. The number of carbonyl (C=O) groups is 2. The smallest absolute Gasteiger partial charge is 0.338 e. The number of benzene rings is 1. The fraction of sp³-hybridized carbons (Fsp3) is 0.643. The summed E-state index contributed by atoms with van der Waals surface area (Å²) in [6.07, 6.45) is 10.7. The Kier molecular flexibility index (Phi) is 12.5. The molecule has 1 aromatic carbocycles. The molecule has 7 nitrogen and oxygen atoms in total. The first kappa shape index (κ1) is 28.5. The number of esters is 1. The minimum Gasteiger partial charge on any atom is -0.493 e. The van der Waals surface area contributed by atoms with E-state index in [1.165, 1.54) is 32.1 Å². The number of nitrogens with one attached hydrogen (secondary N) is 2. The van der Waals surface area contributed by atoms with Crippen molar-refractivity contribution in [1.82, 2.24) is 10.6 Å². The van der Waals surface area contributed by atoms with Gasteiger partial charge in [-0.25, -0.2) is 9.59 Å². The summed E-state index contributed by atoms with van der Waals surface area (Å²) >= 11 is 0. The Bertz CT molecular complexity index is 850. The van der Waals surface area contributed by atoms with Gasteiger partial charge < -0.3 is 24.8 Å². The molecular weight excluding hydrogens is 444 g/mol. The van der Waals surface area contributed by atoms with Gasteiger partial charge in [0.15, 0.2) is 11.5 Å². The first-order valence-corrected chi connectivity index (χ1v) is 13.2. The zero-order valence-corrected chi connectivity index (χ0v) is 22.2. The number of carbonyl (C=O) groups excluding carboxylic acids is 2. The summed E-state index contributed by atoms with van der Waals surface area (Å²) in [5.41, 5.74) is 1.79. The number of rotatable bonds is 16. The second kappa shape index (κ2) is 15.3. The van der Waals surface area contributed by atoms with Gasteiger partial charge >= 0.3 is 12.0 Å². The third kappa shape index (κ3) is 9.11. The average molecular weight is 489 g/mol. The SMILES string of the molecule is CCCCCCCCCOc1ccc(C2NC(=O)NC(CCCC)=C2C(=O)OC(C)C)cc1OC. The molecular formula is C28H44N2O5. The van der Waals surface area contributed by atoms with Crippen LogP contribution in [0.25, 0.3) is 0 Å². The molecule has 0 radical (unpaired) electrons. The van der Waals surface area contributed by atoms with Crippen molar-refractivity contribution in [2.24, 2.45) is 0 Å². The van der Waals surface area contributed by atoms with Crippen LogP contribution in [0.3, 0.4) is 0 Å². The van der Waals surface area contributed by atoms with Crippen molar-refractivity contribution < 1.29 is 23.8 Å². The number of hydrogen-bond donors (Lipinski definition) is 2. The van der Waals surface area contributed by atoms with Crippen LogP contribution >= 0.6 is 0 Å². The lowest BCUT2D eigenvalue weighted by molar-refractivity contribution is -0.143. The van der Waals surface area contributed by atoms with Crippen molar-refractivity contribution in [2.75, 3.05) is 13.7 Å². The molecule has 1 heterocycles. The van der Waals surface area contributed by atoms with Gasteiger partial charge in [-0.05, 0) is 50.8 Å². The quantitative estimate of drug-likeness (QED) is 0.203. The van der Waals surface area contributed by atoms with Crippen LogP contribution < -0.4 is 20.1 Å². The molecule has 0 saturated heterocycles. The summed E-state index contributed by atoms with van der Waals surface area (Å²) in [6.45, 7) is 8.55. The van der Waals surface area contributed by atoms with Crippen molar-refractivity contribution in [1.29, 1.82) is 0 Å². The predicted molar refractivity (Wildman–Crippen MR) is 139 cm³/mol. The predicted octanol–water partition coefficient (Wildman–Crippen LogP) is 6.57. The van der Waals surface area contributed by atoms with E-state index in [0.29, 0.717) is 35.8 Å². The van der Waals surface area contributed by atoms with Gasteiger partial charge in [-0.2, -0.15) is 0 Å². The molecule has 0 spiro atoms. The third-order valence-electron chi connectivity index (χ3n) is 6.02. The van der Waals surface area contributed by atoms with Crippen LogP contribution in [-0.2, 0) is 9.53 Å². The van der Waals surface area contributed by atoms with Gasteiger partial charge in [0.2, 0.25) is 0 Å². The standard InChI is InChI=1S/C28H44N2O5/c1-6-8-10-11-12-13-14-18-34-23-17-16-21(19-24(23)33-5)26-25(27(31)35-20(3)4)22(15-9-7-2)29-28(32)30-26/h16-17,19-20,26H,6-15,18H2,1-5H3,(H2,29,30,32). The molecule has 0 saturated carbocycles. The van der Waals surface area contributed by atoms with Crippen molar-refractivity contribution in [3.05, 3.63) is 35.0 Å². The number of unbranched alkanes of at least 4 members (excludes halogenated alkanes) is 7. The highest BCUT2D eigenvalue weighted by molar-refractivity contribution is 5.95. The zero-order chi connectivity index (χ0) is 25.6. The summed E-state index contributed by atoms with van der Waals surface area (Å²) in [7, 11) is 1.59. The van der Waals surface area contributed by atoms with Crippen LogP contribution in [0.2, 0.25) is 0 Å². The van der Waals surface area contributed by atoms with Crippen LogP contribution in [0.15, 0.2) is 29.5 Å². The van der Waals surface area contributed by atoms with Crippen molar-refractivity contribution in [3.63, 3.8) is 0 Å². The van der Waals surface area contributed by atoms with Crippen molar-refractivity contribution in [2.45, 2.75) is 104 Å². The second-order valence-corrected chi connectivity index (χ2v) is 9.36. The van der Waals surface area contributed by atoms with Crippen molar-refractivity contribution in [3.8, 4) is 11.5 Å². The molecule has 0 bridgehead atoms. The van der Waals surface area contributed by atoms with E-state index in [2.05, 4.69) is 24.5 Å². The molecule has 1 unspecified atom stereocenters. The molecule has 2 N–H and O–H groups in total. The van der Waals surface area contributed by atoms with E-state index in [1.807, 2.05) is 32.0 Å². The molecule has 1 aromatic rings. The number of urea groups is 1. The highest BCUT2D eigenvalue weighted by atomic mass is 16.5. The van der Waals surface area contributed by atoms with Gasteiger partial charge in [-0.1, -0.05) is 64.9 Å². The Labute approximate surface area is 211 Å². The van der Waals surface area contributed by atoms with Gasteiger partial charge in [0.25, 0.3) is 0 Å². The van der Waals surface area contributed by atoms with E-state index in [9.17, 15) is 9.59 Å². The number of allylic oxidation sites excluding steroid dienone is 1. The molecule has 0 aromatic heterocycles. The first-order valence-electron chi connectivity index (χ1n) is 13.2. The van der Waals surface area contributed by atoms with Crippen LogP contribution in [0.1, 0.15) is 104 Å². The van der Waals surface area contributed by atoms with Crippen LogP contribution in [0.5, 0.6) is 11.5 Å². The lowest BCUT2D eigenvalue weighted by Gasteiger charge is -2.30. The Balaban J connectivity index is 2.17. The normalized spacial score (nSPS) is 15.6. The maximum Gasteiger partial charge on any atom is 0.338 e. The van der Waals surface area contributed by atoms with E-state index in [4.69, 9.17) is 14.2 Å². The molecule has 196 valence electrons. The van der Waals surface area contributed by atoms with Crippen LogP contribution in [0, 0.1) is 0 Å². The Morgan fingerprint density at radius 3 is 2.31 bits per heavy atom. The molecule has 1 aliphatic rings. The van der Waals surface area contributed by atoms with E-state index in [-0.39, 0.29) is 12.1 Å². The second-order valence-electron chi connectivity index (χ2n) is 9.36. The fourth-order valence-electron chi connectivity index (χ4n) is 4.16. The van der Waals surface area contributed by atoms with Gasteiger partial charge in [-0.15, -0.1) is 0 Å². The monoisotopic (exact) mass is 488 g/mol. The first-order chi connectivity index (χ1) is 16.9. The molecule has 0 aliphatic carbocycles. The van der Waals surface area contributed by atoms with Gasteiger partial charge in [0.1, 0.15) is 0 Å². The fourth-order valence-corrected chi connectivity index (χ4v) is 4.16. The minimum atomic E-state index is -0.632. The lowest BCUT2D eigenvalue weighted by Crippen LogP contribution is -2.46. The molecule has 0 fully saturated rings. The summed E-state index contributed by atoms with van der Waals surface area (Å²) in [6, 6.07) is 4.59. The number of methoxy groups -OCH3 is 1. The molecule has 2 rings (SSSR count). The van der Waals surface area contributed by atoms with Gasteiger partial charge in [0, 0.05) is 5.70 Å². The molecule has 35 heavy (non-hydrogen) atoms. The highest BCUT2D eigenvalue weighted by Crippen LogP contribution is 2.35. The van der Waals surface area contributed by atoms with Crippen LogP contribution in [0.4, 0.5) is 4.79 Å². The maximum atomic E-state index is 13.1. The molecule has 1 atom stereocenters. The van der Waals surface area contributed by atoms with Crippen LogP contribution in [-0.4, -0.2) is 31.8 Å². The summed E-state index contributed by atoms with van der Waals surface area (Å²) < 4.78 is 17.1. The minimum absolute atomic E-state index is 0.266. The Hall–Kier alpha value is -2.70. The largest absolute Gasteiger partial charge is 0.493 e. The van der Waals surface area contributed by atoms with Gasteiger partial charge in [-0.3, -0.25) is 0 Å². The van der Waals surface area contributed by atoms with Gasteiger partial charge in [0.05, 0.1) is 31.4 Å². The maximum absolute atomic E-state index is 13.1. The summed E-state index contributed by atoms with van der Waals surface area (Å²) in [5, 5.41) is 5.71. The number of ether oxygens (including phenoxy) is 3. The van der Waals surface area contributed by atoms with E-state index < -0.39 is 12.0 Å². The molecule has 2 amide bonds. The molecule has 7 heteroatoms. The summed E-state index contributed by atoms with van der Waals surface area (Å²) in [4.78, 5) is 25.5. The summed E-state index contributed by atoms with van der Waals surface area (Å²) in [5.74, 6) is 0.802. The number of hydrogen-bond acceptors (Lipinski definition) is 5.